The second-order valence-electron chi connectivity index (χ2n) is 5.09. The lowest BCUT2D eigenvalue weighted by molar-refractivity contribution is 0.313. The van der Waals surface area contributed by atoms with Crippen molar-refractivity contribution in [3.63, 3.8) is 0 Å². The summed E-state index contributed by atoms with van der Waals surface area (Å²) < 4.78 is 28.2. The Balaban J connectivity index is 2.03. The maximum Gasteiger partial charge on any atom is 0.282 e. The lowest BCUT2D eigenvalue weighted by atomic mass is 10.0. The zero-order valence-electron chi connectivity index (χ0n) is 10.6. The van der Waals surface area contributed by atoms with Crippen molar-refractivity contribution < 1.29 is 8.42 Å². The Labute approximate surface area is 104 Å². The van der Waals surface area contributed by atoms with Crippen LogP contribution < -0.4 is 5.32 Å². The summed E-state index contributed by atoms with van der Waals surface area (Å²) in [5.74, 6) is 0.651. The second kappa shape index (κ2) is 5.65. The van der Waals surface area contributed by atoms with E-state index in [9.17, 15) is 8.42 Å². The van der Waals surface area contributed by atoms with Crippen LogP contribution in [0.4, 0.5) is 0 Å². The first-order valence-electron chi connectivity index (χ1n) is 6.56. The molecule has 2 aliphatic heterocycles. The molecule has 0 aliphatic carbocycles. The molecule has 6 heteroatoms. The molecule has 2 fully saturated rings. The van der Waals surface area contributed by atoms with Crippen molar-refractivity contribution in [3.05, 3.63) is 0 Å². The summed E-state index contributed by atoms with van der Waals surface area (Å²) in [6.45, 7) is 6.33. The molecule has 2 aliphatic rings. The Kier molecular flexibility index (Phi) is 4.41. The van der Waals surface area contributed by atoms with Gasteiger partial charge in [-0.1, -0.05) is 6.92 Å². The summed E-state index contributed by atoms with van der Waals surface area (Å²) in [4.78, 5) is 0. The van der Waals surface area contributed by atoms with E-state index in [2.05, 4.69) is 12.2 Å². The molecule has 5 nitrogen and oxygen atoms in total. The molecule has 2 saturated heterocycles. The quantitative estimate of drug-likeness (QED) is 0.776. The number of hydrogen-bond donors (Lipinski definition) is 1. The summed E-state index contributed by atoms with van der Waals surface area (Å²) in [6.07, 6.45) is 3.13. The first kappa shape index (κ1) is 13.3. The molecule has 0 aromatic heterocycles. The minimum Gasteiger partial charge on any atom is -0.314 e. The molecule has 2 heterocycles. The van der Waals surface area contributed by atoms with Gasteiger partial charge in [-0.2, -0.15) is 17.0 Å². The van der Waals surface area contributed by atoms with E-state index < -0.39 is 10.2 Å². The summed E-state index contributed by atoms with van der Waals surface area (Å²) in [6, 6.07) is 0. The Bertz CT molecular complexity index is 339. The molecule has 0 radical (unpaired) electrons. The molecule has 0 aromatic rings. The van der Waals surface area contributed by atoms with Crippen LogP contribution in [0.2, 0.25) is 0 Å². The summed E-state index contributed by atoms with van der Waals surface area (Å²) in [5.41, 5.74) is 0. The molecular formula is C11H23N3O2S. The fourth-order valence-electron chi connectivity index (χ4n) is 2.51. The van der Waals surface area contributed by atoms with E-state index in [1.807, 2.05) is 0 Å². The van der Waals surface area contributed by atoms with Crippen LogP contribution in [0.25, 0.3) is 0 Å². The minimum absolute atomic E-state index is 0.606. The predicted octanol–water partition coefficient (Wildman–Crippen LogP) is 0.258. The van der Waals surface area contributed by atoms with Gasteiger partial charge in [0.15, 0.2) is 0 Å². The molecule has 1 N–H and O–H groups in total. The van der Waals surface area contributed by atoms with Gasteiger partial charge in [-0.05, 0) is 25.2 Å². The van der Waals surface area contributed by atoms with E-state index in [0.717, 1.165) is 32.4 Å². The molecule has 0 spiro atoms. The number of piperazine rings is 1. The van der Waals surface area contributed by atoms with Gasteiger partial charge in [0, 0.05) is 39.3 Å². The highest BCUT2D eigenvalue weighted by atomic mass is 32.2. The summed E-state index contributed by atoms with van der Waals surface area (Å²) in [7, 11) is -3.21. The van der Waals surface area contributed by atoms with Crippen LogP contribution in [0.3, 0.4) is 0 Å². The average molecular weight is 261 g/mol. The average Bonchev–Trinajstić information content (AvgIpc) is 2.55. The van der Waals surface area contributed by atoms with Gasteiger partial charge in [0.05, 0.1) is 0 Å². The zero-order valence-corrected chi connectivity index (χ0v) is 11.4. The van der Waals surface area contributed by atoms with Crippen molar-refractivity contribution in [2.45, 2.75) is 26.2 Å². The molecule has 100 valence electrons. The van der Waals surface area contributed by atoms with Crippen LogP contribution in [0.5, 0.6) is 0 Å². The van der Waals surface area contributed by atoms with Crippen LogP contribution in [0.15, 0.2) is 0 Å². The smallest absolute Gasteiger partial charge is 0.282 e. The monoisotopic (exact) mass is 261 g/mol. The van der Waals surface area contributed by atoms with Crippen molar-refractivity contribution >= 4 is 10.2 Å². The maximum atomic E-state index is 12.4. The van der Waals surface area contributed by atoms with E-state index >= 15 is 0 Å². The fourth-order valence-corrected chi connectivity index (χ4v) is 4.17. The van der Waals surface area contributed by atoms with Crippen molar-refractivity contribution in [2.24, 2.45) is 5.92 Å². The van der Waals surface area contributed by atoms with Gasteiger partial charge in [-0.25, -0.2) is 0 Å². The number of nitrogens with zero attached hydrogens (tertiary/aromatic N) is 2. The standard InChI is InChI=1S/C11H23N3O2S/c1-11-3-2-7-13(8-4-11)17(15,16)14-9-5-12-6-10-14/h11-12H,2-10H2,1H3. The van der Waals surface area contributed by atoms with Crippen LogP contribution in [-0.4, -0.2) is 56.3 Å². The first-order valence-corrected chi connectivity index (χ1v) is 7.96. The van der Waals surface area contributed by atoms with Crippen molar-refractivity contribution in [1.29, 1.82) is 0 Å². The SMILES string of the molecule is CC1CCCN(S(=O)(=O)N2CCNCC2)CC1. The molecule has 17 heavy (non-hydrogen) atoms. The van der Waals surface area contributed by atoms with Gasteiger partial charge in [-0.3, -0.25) is 0 Å². The Morgan fingerprint density at radius 1 is 1.00 bits per heavy atom. The van der Waals surface area contributed by atoms with Gasteiger partial charge in [-0.15, -0.1) is 0 Å². The van der Waals surface area contributed by atoms with Gasteiger partial charge in [0.2, 0.25) is 0 Å². The summed E-state index contributed by atoms with van der Waals surface area (Å²) in [5, 5.41) is 3.18. The Morgan fingerprint density at radius 2 is 1.65 bits per heavy atom. The van der Waals surface area contributed by atoms with E-state index in [4.69, 9.17) is 0 Å². The van der Waals surface area contributed by atoms with Crippen LogP contribution in [-0.2, 0) is 10.2 Å². The topological polar surface area (TPSA) is 52.7 Å². The van der Waals surface area contributed by atoms with Gasteiger partial charge in [0.25, 0.3) is 10.2 Å². The van der Waals surface area contributed by atoms with Crippen molar-refractivity contribution in [2.75, 3.05) is 39.3 Å². The van der Waals surface area contributed by atoms with E-state index in [1.165, 1.54) is 0 Å². The van der Waals surface area contributed by atoms with E-state index in [-0.39, 0.29) is 0 Å². The summed E-state index contributed by atoms with van der Waals surface area (Å²) >= 11 is 0. The molecule has 0 bridgehead atoms. The third kappa shape index (κ3) is 3.19. The predicted molar refractivity (Wildman–Crippen MR) is 68.0 cm³/mol. The van der Waals surface area contributed by atoms with Crippen LogP contribution in [0, 0.1) is 5.92 Å². The lowest BCUT2D eigenvalue weighted by Crippen LogP contribution is -2.51. The third-order valence-corrected chi connectivity index (χ3v) is 5.74. The normalized spacial score (nSPS) is 30.1. The van der Waals surface area contributed by atoms with Crippen LogP contribution in [0.1, 0.15) is 26.2 Å². The molecular weight excluding hydrogens is 238 g/mol. The molecule has 1 unspecified atom stereocenters. The molecule has 0 amide bonds. The Hall–Kier alpha value is -0.170. The van der Waals surface area contributed by atoms with Gasteiger partial charge in [0.1, 0.15) is 0 Å². The zero-order chi connectivity index (χ0) is 12.3. The van der Waals surface area contributed by atoms with E-state index in [0.29, 0.717) is 32.1 Å². The molecule has 1 atom stereocenters. The van der Waals surface area contributed by atoms with Crippen molar-refractivity contribution in [3.8, 4) is 0 Å². The first-order chi connectivity index (χ1) is 8.10. The molecule has 2 rings (SSSR count). The maximum absolute atomic E-state index is 12.4. The fraction of sp³-hybridized carbons (Fsp3) is 1.00. The number of hydrogen-bond acceptors (Lipinski definition) is 3. The number of rotatable bonds is 2. The molecule has 0 aromatic carbocycles. The van der Waals surface area contributed by atoms with E-state index in [1.54, 1.807) is 8.61 Å². The van der Waals surface area contributed by atoms with Crippen LogP contribution >= 0.6 is 0 Å². The molecule has 0 saturated carbocycles. The third-order valence-electron chi connectivity index (χ3n) is 3.70. The largest absolute Gasteiger partial charge is 0.314 e. The lowest BCUT2D eigenvalue weighted by Gasteiger charge is -2.31. The highest BCUT2D eigenvalue weighted by Gasteiger charge is 2.31. The van der Waals surface area contributed by atoms with Crippen molar-refractivity contribution in [1.82, 2.24) is 13.9 Å². The number of nitrogens with one attached hydrogen (secondary N) is 1. The highest BCUT2D eigenvalue weighted by molar-refractivity contribution is 7.86. The Morgan fingerprint density at radius 3 is 2.35 bits per heavy atom. The van der Waals surface area contributed by atoms with Gasteiger partial charge < -0.3 is 5.32 Å². The highest BCUT2D eigenvalue weighted by Crippen LogP contribution is 2.20. The second-order valence-corrected chi connectivity index (χ2v) is 7.02. The minimum atomic E-state index is -3.21. The van der Waals surface area contributed by atoms with Gasteiger partial charge >= 0.3 is 0 Å².